The summed E-state index contributed by atoms with van der Waals surface area (Å²) < 4.78 is 24.4. The maximum atomic E-state index is 13.6. The van der Waals surface area contributed by atoms with Gasteiger partial charge in [-0.15, -0.1) is 0 Å². The highest BCUT2D eigenvalue weighted by molar-refractivity contribution is 5.44. The van der Waals surface area contributed by atoms with Gasteiger partial charge < -0.3 is 15.2 Å². The molecule has 0 aliphatic rings. The molecule has 0 bridgehead atoms. The van der Waals surface area contributed by atoms with Gasteiger partial charge in [0.15, 0.2) is 11.6 Å². The largest absolute Gasteiger partial charge is 0.494 e. The van der Waals surface area contributed by atoms with Crippen LogP contribution in [0.5, 0.6) is 17.2 Å². The van der Waals surface area contributed by atoms with E-state index in [0.29, 0.717) is 18.0 Å². The van der Waals surface area contributed by atoms with Crippen LogP contribution in [-0.2, 0) is 0 Å². The molecule has 0 amide bonds. The predicted octanol–water partition coefficient (Wildman–Crippen LogP) is 3.99. The van der Waals surface area contributed by atoms with Crippen LogP contribution in [0.4, 0.5) is 10.1 Å². The normalized spacial score (nSPS) is 10.2. The molecule has 0 saturated carbocycles. The molecular formula is C15H16FNO2. The van der Waals surface area contributed by atoms with E-state index in [0.717, 1.165) is 12.2 Å². The fourth-order valence-electron chi connectivity index (χ4n) is 1.55. The molecule has 0 heterocycles. The van der Waals surface area contributed by atoms with Crippen molar-refractivity contribution in [2.75, 3.05) is 12.3 Å². The van der Waals surface area contributed by atoms with E-state index in [2.05, 4.69) is 0 Å². The highest BCUT2D eigenvalue weighted by Gasteiger charge is 2.05. The molecule has 0 aliphatic carbocycles. The van der Waals surface area contributed by atoms with E-state index in [9.17, 15) is 4.39 Å². The molecule has 2 N–H and O–H groups in total. The number of benzene rings is 2. The Bertz CT molecular complexity index is 540. The number of ether oxygens (including phenoxy) is 2. The van der Waals surface area contributed by atoms with Crippen molar-refractivity contribution in [2.24, 2.45) is 0 Å². The van der Waals surface area contributed by atoms with Crippen molar-refractivity contribution in [3.8, 4) is 17.2 Å². The second kappa shape index (κ2) is 6.09. The van der Waals surface area contributed by atoms with Crippen LogP contribution in [-0.4, -0.2) is 6.61 Å². The molecule has 0 aliphatic heterocycles. The highest BCUT2D eigenvalue weighted by Crippen LogP contribution is 2.27. The van der Waals surface area contributed by atoms with Gasteiger partial charge >= 0.3 is 0 Å². The number of rotatable bonds is 5. The third-order valence-corrected chi connectivity index (χ3v) is 2.48. The first kappa shape index (κ1) is 13.2. The van der Waals surface area contributed by atoms with Crippen LogP contribution in [0, 0.1) is 5.82 Å². The van der Waals surface area contributed by atoms with Crippen molar-refractivity contribution in [1.29, 1.82) is 0 Å². The van der Waals surface area contributed by atoms with Gasteiger partial charge in [-0.3, -0.25) is 0 Å². The van der Waals surface area contributed by atoms with Gasteiger partial charge in [-0.1, -0.05) is 6.92 Å². The zero-order valence-corrected chi connectivity index (χ0v) is 10.7. The van der Waals surface area contributed by atoms with Gasteiger partial charge in [0.05, 0.1) is 6.61 Å². The van der Waals surface area contributed by atoms with E-state index >= 15 is 0 Å². The van der Waals surface area contributed by atoms with Gasteiger partial charge in [0.2, 0.25) is 0 Å². The summed E-state index contributed by atoms with van der Waals surface area (Å²) in [6.07, 6.45) is 0.953. The number of hydrogen-bond donors (Lipinski definition) is 1. The van der Waals surface area contributed by atoms with Crippen LogP contribution in [0.2, 0.25) is 0 Å². The monoisotopic (exact) mass is 261 g/mol. The minimum atomic E-state index is -0.480. The summed E-state index contributed by atoms with van der Waals surface area (Å²) in [5.41, 5.74) is 5.84. The van der Waals surface area contributed by atoms with Crippen molar-refractivity contribution >= 4 is 5.69 Å². The van der Waals surface area contributed by atoms with Gasteiger partial charge in [0, 0.05) is 11.8 Å². The Labute approximate surface area is 111 Å². The van der Waals surface area contributed by atoms with E-state index in [1.165, 1.54) is 12.1 Å². The van der Waals surface area contributed by atoms with E-state index in [4.69, 9.17) is 15.2 Å². The van der Waals surface area contributed by atoms with Crippen LogP contribution in [0.1, 0.15) is 13.3 Å². The summed E-state index contributed by atoms with van der Waals surface area (Å²) in [5.74, 6) is 0.988. The summed E-state index contributed by atoms with van der Waals surface area (Å²) in [4.78, 5) is 0. The standard InChI is InChI=1S/C15H16FNO2/c1-2-9-18-12-4-6-13(7-5-12)19-15-8-3-11(17)10-14(15)16/h3-8,10H,2,9,17H2,1H3. The van der Waals surface area contributed by atoms with E-state index < -0.39 is 5.82 Å². The van der Waals surface area contributed by atoms with E-state index in [1.807, 2.05) is 6.92 Å². The molecule has 2 aromatic rings. The van der Waals surface area contributed by atoms with Crippen LogP contribution in [0.3, 0.4) is 0 Å². The third kappa shape index (κ3) is 3.61. The molecule has 100 valence electrons. The van der Waals surface area contributed by atoms with Gasteiger partial charge in [-0.2, -0.15) is 0 Å². The number of nitrogen functional groups attached to an aromatic ring is 1. The molecule has 0 spiro atoms. The zero-order chi connectivity index (χ0) is 13.7. The number of hydrogen-bond acceptors (Lipinski definition) is 3. The topological polar surface area (TPSA) is 44.5 Å². The summed E-state index contributed by atoms with van der Waals surface area (Å²) >= 11 is 0. The molecule has 0 atom stereocenters. The molecule has 19 heavy (non-hydrogen) atoms. The maximum Gasteiger partial charge on any atom is 0.167 e. The Morgan fingerprint density at radius 3 is 2.37 bits per heavy atom. The molecule has 0 fully saturated rings. The number of anilines is 1. The second-order valence-electron chi connectivity index (χ2n) is 4.11. The molecule has 2 aromatic carbocycles. The lowest BCUT2D eigenvalue weighted by Crippen LogP contribution is -1.95. The Hall–Kier alpha value is -2.23. The van der Waals surface area contributed by atoms with Crippen molar-refractivity contribution in [1.82, 2.24) is 0 Å². The van der Waals surface area contributed by atoms with Crippen molar-refractivity contribution in [2.45, 2.75) is 13.3 Å². The molecule has 0 unspecified atom stereocenters. The van der Waals surface area contributed by atoms with Crippen LogP contribution in [0.15, 0.2) is 42.5 Å². The molecule has 2 rings (SSSR count). The van der Waals surface area contributed by atoms with Gasteiger partial charge in [-0.05, 0) is 42.8 Å². The van der Waals surface area contributed by atoms with Crippen LogP contribution < -0.4 is 15.2 Å². The van der Waals surface area contributed by atoms with Crippen LogP contribution >= 0.6 is 0 Å². The summed E-state index contributed by atoms with van der Waals surface area (Å²) in [5, 5.41) is 0. The Balaban J connectivity index is 2.06. The Kier molecular flexibility index (Phi) is 4.23. The maximum absolute atomic E-state index is 13.6. The quantitative estimate of drug-likeness (QED) is 0.828. The molecule has 0 radical (unpaired) electrons. The molecule has 4 heteroatoms. The fourth-order valence-corrected chi connectivity index (χ4v) is 1.55. The molecule has 3 nitrogen and oxygen atoms in total. The lowest BCUT2D eigenvalue weighted by molar-refractivity contribution is 0.317. The summed E-state index contributed by atoms with van der Waals surface area (Å²) in [7, 11) is 0. The average Bonchev–Trinajstić information content (AvgIpc) is 2.41. The predicted molar refractivity (Wildman–Crippen MR) is 73.1 cm³/mol. The lowest BCUT2D eigenvalue weighted by Gasteiger charge is -2.08. The molecular weight excluding hydrogens is 245 g/mol. The zero-order valence-electron chi connectivity index (χ0n) is 10.7. The Morgan fingerprint density at radius 2 is 1.74 bits per heavy atom. The van der Waals surface area contributed by atoms with Gasteiger partial charge in [0.25, 0.3) is 0 Å². The molecule has 0 saturated heterocycles. The highest BCUT2D eigenvalue weighted by atomic mass is 19.1. The van der Waals surface area contributed by atoms with Crippen molar-refractivity contribution in [3.63, 3.8) is 0 Å². The number of halogens is 1. The average molecular weight is 261 g/mol. The lowest BCUT2D eigenvalue weighted by atomic mass is 10.3. The first-order chi connectivity index (χ1) is 9.19. The minimum absolute atomic E-state index is 0.149. The van der Waals surface area contributed by atoms with E-state index in [-0.39, 0.29) is 5.75 Å². The van der Waals surface area contributed by atoms with Gasteiger partial charge in [0.1, 0.15) is 11.5 Å². The fraction of sp³-hybridized carbons (Fsp3) is 0.200. The SMILES string of the molecule is CCCOc1ccc(Oc2ccc(N)cc2F)cc1. The first-order valence-electron chi connectivity index (χ1n) is 6.15. The minimum Gasteiger partial charge on any atom is -0.494 e. The van der Waals surface area contributed by atoms with E-state index in [1.54, 1.807) is 30.3 Å². The second-order valence-corrected chi connectivity index (χ2v) is 4.11. The van der Waals surface area contributed by atoms with Crippen molar-refractivity contribution < 1.29 is 13.9 Å². The summed E-state index contributed by atoms with van der Waals surface area (Å²) in [6.45, 7) is 2.72. The first-order valence-corrected chi connectivity index (χ1v) is 6.15. The Morgan fingerprint density at radius 1 is 1.05 bits per heavy atom. The van der Waals surface area contributed by atoms with Crippen LogP contribution in [0.25, 0.3) is 0 Å². The third-order valence-electron chi connectivity index (χ3n) is 2.48. The number of nitrogens with two attached hydrogens (primary N) is 1. The van der Waals surface area contributed by atoms with Gasteiger partial charge in [-0.25, -0.2) is 4.39 Å². The van der Waals surface area contributed by atoms with Crippen molar-refractivity contribution in [3.05, 3.63) is 48.3 Å². The summed E-state index contributed by atoms with van der Waals surface area (Å²) in [6, 6.07) is 11.4. The molecule has 0 aromatic heterocycles. The smallest absolute Gasteiger partial charge is 0.167 e.